The maximum absolute atomic E-state index is 5.93. The third-order valence-corrected chi connectivity index (χ3v) is 3.76. The molecule has 0 aliphatic rings. The fourth-order valence-corrected chi connectivity index (χ4v) is 2.50. The van der Waals surface area contributed by atoms with E-state index in [2.05, 4.69) is 9.97 Å². The minimum atomic E-state index is 0.658. The molecule has 1 heterocycles. The van der Waals surface area contributed by atoms with Crippen molar-refractivity contribution in [3.8, 4) is 11.5 Å². The Hall–Kier alpha value is -2.33. The standard InChI is InChI=1S/C17H15ClN2O2/c1-21-16-8-13-14(7-11-3-5-12(18)6-4-11)19-10-20-15(13)9-17(16)22-2/h3-6,8-10H,7H2,1-2H3. The van der Waals surface area contributed by atoms with Crippen molar-refractivity contribution < 1.29 is 9.47 Å². The third-order valence-electron chi connectivity index (χ3n) is 3.51. The molecule has 4 nitrogen and oxygen atoms in total. The molecule has 0 aliphatic carbocycles. The molecule has 3 rings (SSSR count). The molecule has 0 amide bonds. The Labute approximate surface area is 133 Å². The number of benzene rings is 2. The molecule has 0 saturated heterocycles. The van der Waals surface area contributed by atoms with E-state index in [1.165, 1.54) is 0 Å². The summed E-state index contributed by atoms with van der Waals surface area (Å²) in [7, 11) is 3.23. The molecular weight excluding hydrogens is 300 g/mol. The van der Waals surface area contributed by atoms with E-state index in [-0.39, 0.29) is 0 Å². The minimum absolute atomic E-state index is 0.658. The van der Waals surface area contributed by atoms with Gasteiger partial charge < -0.3 is 9.47 Å². The molecule has 0 unspecified atom stereocenters. The molecule has 3 aromatic rings. The smallest absolute Gasteiger partial charge is 0.162 e. The van der Waals surface area contributed by atoms with E-state index in [4.69, 9.17) is 21.1 Å². The molecule has 0 saturated carbocycles. The van der Waals surface area contributed by atoms with Crippen LogP contribution in [0.2, 0.25) is 5.02 Å². The quantitative estimate of drug-likeness (QED) is 0.733. The average Bonchev–Trinajstić information content (AvgIpc) is 2.56. The van der Waals surface area contributed by atoms with Gasteiger partial charge in [-0.3, -0.25) is 0 Å². The number of hydrogen-bond donors (Lipinski definition) is 0. The van der Waals surface area contributed by atoms with E-state index in [1.807, 2.05) is 36.4 Å². The molecule has 0 N–H and O–H groups in total. The van der Waals surface area contributed by atoms with E-state index in [9.17, 15) is 0 Å². The Balaban J connectivity index is 2.07. The van der Waals surface area contributed by atoms with Gasteiger partial charge in [0.2, 0.25) is 0 Å². The molecule has 0 radical (unpaired) electrons. The van der Waals surface area contributed by atoms with Crippen molar-refractivity contribution in [1.82, 2.24) is 9.97 Å². The number of hydrogen-bond acceptors (Lipinski definition) is 4. The van der Waals surface area contributed by atoms with Gasteiger partial charge in [0.25, 0.3) is 0 Å². The fourth-order valence-electron chi connectivity index (χ4n) is 2.37. The lowest BCUT2D eigenvalue weighted by atomic mass is 10.1. The van der Waals surface area contributed by atoms with Crippen LogP contribution < -0.4 is 9.47 Å². The zero-order valence-corrected chi connectivity index (χ0v) is 13.1. The van der Waals surface area contributed by atoms with Gasteiger partial charge >= 0.3 is 0 Å². The van der Waals surface area contributed by atoms with Gasteiger partial charge in [-0.05, 0) is 23.8 Å². The number of halogens is 1. The maximum Gasteiger partial charge on any atom is 0.162 e. The van der Waals surface area contributed by atoms with E-state index < -0.39 is 0 Å². The second kappa shape index (κ2) is 6.20. The van der Waals surface area contributed by atoms with Crippen LogP contribution in [-0.2, 0) is 6.42 Å². The van der Waals surface area contributed by atoms with Crippen molar-refractivity contribution >= 4 is 22.5 Å². The molecule has 22 heavy (non-hydrogen) atoms. The third kappa shape index (κ3) is 2.83. The molecule has 0 aliphatic heterocycles. The van der Waals surface area contributed by atoms with Crippen LogP contribution in [0.3, 0.4) is 0 Å². The molecule has 0 fully saturated rings. The summed E-state index contributed by atoms with van der Waals surface area (Å²) in [4.78, 5) is 8.73. The van der Waals surface area contributed by atoms with Crippen LogP contribution in [0, 0.1) is 0 Å². The van der Waals surface area contributed by atoms with Crippen LogP contribution in [-0.4, -0.2) is 24.2 Å². The number of aromatic nitrogens is 2. The Kier molecular flexibility index (Phi) is 4.11. The van der Waals surface area contributed by atoms with Crippen LogP contribution in [0.1, 0.15) is 11.3 Å². The number of methoxy groups -OCH3 is 2. The van der Waals surface area contributed by atoms with Crippen LogP contribution >= 0.6 is 11.6 Å². The first-order valence-electron chi connectivity index (χ1n) is 6.81. The fraction of sp³-hybridized carbons (Fsp3) is 0.176. The van der Waals surface area contributed by atoms with Gasteiger partial charge in [0.05, 0.1) is 25.4 Å². The lowest BCUT2D eigenvalue weighted by Crippen LogP contribution is -1.97. The van der Waals surface area contributed by atoms with Gasteiger partial charge in [0.1, 0.15) is 6.33 Å². The number of nitrogens with zero attached hydrogens (tertiary/aromatic N) is 2. The minimum Gasteiger partial charge on any atom is -0.493 e. The van der Waals surface area contributed by atoms with Gasteiger partial charge in [-0.25, -0.2) is 9.97 Å². The topological polar surface area (TPSA) is 44.2 Å². The lowest BCUT2D eigenvalue weighted by molar-refractivity contribution is 0.355. The zero-order chi connectivity index (χ0) is 15.5. The summed E-state index contributed by atoms with van der Waals surface area (Å²) >= 11 is 5.93. The largest absolute Gasteiger partial charge is 0.493 e. The monoisotopic (exact) mass is 314 g/mol. The van der Waals surface area contributed by atoms with Crippen molar-refractivity contribution in [2.75, 3.05) is 14.2 Å². The molecule has 2 aromatic carbocycles. The molecule has 1 aromatic heterocycles. The summed E-state index contributed by atoms with van der Waals surface area (Å²) in [6.07, 6.45) is 2.27. The molecule has 0 bridgehead atoms. The first kappa shape index (κ1) is 14.6. The zero-order valence-electron chi connectivity index (χ0n) is 12.3. The molecule has 112 valence electrons. The van der Waals surface area contributed by atoms with Crippen LogP contribution in [0.25, 0.3) is 10.9 Å². The van der Waals surface area contributed by atoms with Crippen molar-refractivity contribution in [1.29, 1.82) is 0 Å². The van der Waals surface area contributed by atoms with Gasteiger partial charge in [-0.15, -0.1) is 0 Å². The lowest BCUT2D eigenvalue weighted by Gasteiger charge is -2.11. The van der Waals surface area contributed by atoms with Crippen LogP contribution in [0.15, 0.2) is 42.7 Å². The van der Waals surface area contributed by atoms with Crippen molar-refractivity contribution in [2.45, 2.75) is 6.42 Å². The first-order chi connectivity index (χ1) is 10.7. The number of ether oxygens (including phenoxy) is 2. The highest BCUT2D eigenvalue weighted by Gasteiger charge is 2.11. The van der Waals surface area contributed by atoms with Crippen LogP contribution in [0.5, 0.6) is 11.5 Å². The van der Waals surface area contributed by atoms with Gasteiger partial charge in [-0.1, -0.05) is 23.7 Å². The van der Waals surface area contributed by atoms with Gasteiger partial charge in [0, 0.05) is 22.9 Å². The number of rotatable bonds is 4. The van der Waals surface area contributed by atoms with E-state index in [0.717, 1.165) is 27.2 Å². The Morgan fingerprint density at radius 2 is 1.64 bits per heavy atom. The number of fused-ring (bicyclic) bond motifs is 1. The molecular formula is C17H15ClN2O2. The van der Waals surface area contributed by atoms with Crippen LogP contribution in [0.4, 0.5) is 0 Å². The normalized spacial score (nSPS) is 10.7. The Morgan fingerprint density at radius 3 is 2.32 bits per heavy atom. The predicted octanol–water partition coefficient (Wildman–Crippen LogP) is 3.89. The van der Waals surface area contributed by atoms with Crippen molar-refractivity contribution in [2.24, 2.45) is 0 Å². The van der Waals surface area contributed by atoms with E-state index >= 15 is 0 Å². The van der Waals surface area contributed by atoms with Gasteiger partial charge in [-0.2, -0.15) is 0 Å². The molecule has 0 spiro atoms. The summed E-state index contributed by atoms with van der Waals surface area (Å²) in [6.45, 7) is 0. The maximum atomic E-state index is 5.93. The van der Waals surface area contributed by atoms with Crippen molar-refractivity contribution in [3.63, 3.8) is 0 Å². The Morgan fingerprint density at radius 1 is 0.955 bits per heavy atom. The highest BCUT2D eigenvalue weighted by Crippen LogP contribution is 2.32. The summed E-state index contributed by atoms with van der Waals surface area (Å²) < 4.78 is 10.7. The molecule has 0 atom stereocenters. The molecule has 5 heteroatoms. The summed E-state index contributed by atoms with van der Waals surface area (Å²) in [5, 5.41) is 1.68. The second-order valence-corrected chi connectivity index (χ2v) is 5.28. The first-order valence-corrected chi connectivity index (χ1v) is 7.19. The summed E-state index contributed by atoms with van der Waals surface area (Å²) in [5.41, 5.74) is 2.91. The van der Waals surface area contributed by atoms with Crippen molar-refractivity contribution in [3.05, 3.63) is 59.0 Å². The van der Waals surface area contributed by atoms with Gasteiger partial charge in [0.15, 0.2) is 11.5 Å². The SMILES string of the molecule is COc1cc2ncnc(Cc3ccc(Cl)cc3)c2cc1OC. The highest BCUT2D eigenvalue weighted by atomic mass is 35.5. The summed E-state index contributed by atoms with van der Waals surface area (Å²) in [6, 6.07) is 11.5. The second-order valence-electron chi connectivity index (χ2n) is 4.85. The van der Waals surface area contributed by atoms with E-state index in [1.54, 1.807) is 20.5 Å². The highest BCUT2D eigenvalue weighted by molar-refractivity contribution is 6.30. The summed E-state index contributed by atoms with van der Waals surface area (Å²) in [5.74, 6) is 1.33. The van der Waals surface area contributed by atoms with E-state index in [0.29, 0.717) is 17.9 Å². The predicted molar refractivity (Wildman–Crippen MR) is 86.9 cm³/mol. The Bertz CT molecular complexity index is 804. The average molecular weight is 315 g/mol.